The minimum Gasteiger partial charge on any atom is -0.355 e. The molecule has 8 heteroatoms. The zero-order chi connectivity index (χ0) is 15.6. The first-order chi connectivity index (χ1) is 11.3. The minimum absolute atomic E-state index is 0.104. The lowest BCUT2D eigenvalue weighted by Crippen LogP contribution is -2.44. The Morgan fingerprint density at radius 1 is 1.22 bits per heavy atom. The van der Waals surface area contributed by atoms with Gasteiger partial charge in [-0.05, 0) is 19.2 Å². The van der Waals surface area contributed by atoms with Crippen LogP contribution in [0.5, 0.6) is 0 Å². The van der Waals surface area contributed by atoms with Crippen molar-refractivity contribution in [3.8, 4) is 22.9 Å². The third-order valence-corrected chi connectivity index (χ3v) is 3.94. The Balaban J connectivity index is 1.59. The lowest BCUT2D eigenvalue weighted by atomic mass is 10.2. The number of hydrogen-bond acceptors (Lipinski definition) is 8. The molecule has 0 spiro atoms. The van der Waals surface area contributed by atoms with Gasteiger partial charge in [0.15, 0.2) is 17.3 Å². The lowest BCUT2D eigenvalue weighted by molar-refractivity contribution is 0.190. The van der Waals surface area contributed by atoms with Crippen molar-refractivity contribution in [2.24, 2.45) is 0 Å². The van der Waals surface area contributed by atoms with Gasteiger partial charge in [-0.3, -0.25) is 9.88 Å². The number of aromatic nitrogens is 4. The van der Waals surface area contributed by atoms with Crippen LogP contribution in [-0.4, -0.2) is 51.9 Å². The number of pyridine rings is 1. The second-order valence-electron chi connectivity index (χ2n) is 5.47. The molecule has 0 bridgehead atoms. The second kappa shape index (κ2) is 5.90. The predicted octanol–water partition coefficient (Wildman–Crippen LogP) is 1.36. The van der Waals surface area contributed by atoms with Crippen LogP contribution < -0.4 is 5.32 Å². The lowest BCUT2D eigenvalue weighted by Gasteiger charge is -2.30. The van der Waals surface area contributed by atoms with Crippen molar-refractivity contribution >= 4 is 0 Å². The SMILES string of the molecule is CN1CCNCC1c1noc(-c2cc(-c3ccncc3)on2)n1. The van der Waals surface area contributed by atoms with Crippen molar-refractivity contribution in [1.82, 2.24) is 30.5 Å². The smallest absolute Gasteiger partial charge is 0.280 e. The molecule has 0 aliphatic carbocycles. The van der Waals surface area contributed by atoms with Gasteiger partial charge < -0.3 is 14.4 Å². The normalized spacial score (nSPS) is 19.1. The molecule has 3 aromatic rings. The summed E-state index contributed by atoms with van der Waals surface area (Å²) < 4.78 is 10.7. The Labute approximate surface area is 132 Å². The Morgan fingerprint density at radius 2 is 2.09 bits per heavy atom. The van der Waals surface area contributed by atoms with Gasteiger partial charge in [-0.25, -0.2) is 0 Å². The average Bonchev–Trinajstić information content (AvgIpc) is 3.25. The van der Waals surface area contributed by atoms with E-state index in [0.717, 1.165) is 25.2 Å². The summed E-state index contributed by atoms with van der Waals surface area (Å²) in [5.41, 5.74) is 1.43. The fraction of sp³-hybridized carbons (Fsp3) is 0.333. The molecule has 118 valence electrons. The Bertz CT molecular complexity index is 784. The molecular formula is C15H16N6O2. The number of rotatable bonds is 3. The molecule has 4 heterocycles. The zero-order valence-corrected chi connectivity index (χ0v) is 12.6. The summed E-state index contributed by atoms with van der Waals surface area (Å²) in [6.07, 6.45) is 3.41. The summed E-state index contributed by atoms with van der Waals surface area (Å²) >= 11 is 0. The first kappa shape index (κ1) is 14.0. The average molecular weight is 312 g/mol. The van der Waals surface area contributed by atoms with Gasteiger partial charge in [0, 0.05) is 43.7 Å². The Kier molecular flexibility index (Phi) is 3.60. The van der Waals surface area contributed by atoms with Crippen LogP contribution in [0.4, 0.5) is 0 Å². The van der Waals surface area contributed by atoms with Crippen molar-refractivity contribution in [1.29, 1.82) is 0 Å². The van der Waals surface area contributed by atoms with Crippen LogP contribution in [0.1, 0.15) is 11.9 Å². The molecule has 23 heavy (non-hydrogen) atoms. The van der Waals surface area contributed by atoms with E-state index in [4.69, 9.17) is 9.05 Å². The molecule has 0 radical (unpaired) electrons. The fourth-order valence-corrected chi connectivity index (χ4v) is 2.60. The second-order valence-corrected chi connectivity index (χ2v) is 5.47. The van der Waals surface area contributed by atoms with Gasteiger partial charge in [0.2, 0.25) is 0 Å². The highest BCUT2D eigenvalue weighted by atomic mass is 16.5. The van der Waals surface area contributed by atoms with Gasteiger partial charge in [0.1, 0.15) is 0 Å². The first-order valence-electron chi connectivity index (χ1n) is 7.43. The number of nitrogens with one attached hydrogen (secondary N) is 1. The molecule has 1 N–H and O–H groups in total. The van der Waals surface area contributed by atoms with Crippen molar-refractivity contribution in [2.75, 3.05) is 26.7 Å². The summed E-state index contributed by atoms with van der Waals surface area (Å²) in [7, 11) is 2.05. The van der Waals surface area contributed by atoms with E-state index in [2.05, 4.69) is 37.5 Å². The Hall–Kier alpha value is -2.58. The maximum Gasteiger partial charge on any atom is 0.280 e. The highest BCUT2D eigenvalue weighted by Crippen LogP contribution is 2.26. The van der Waals surface area contributed by atoms with Crippen LogP contribution in [0.3, 0.4) is 0 Å². The number of hydrogen-bond donors (Lipinski definition) is 1. The maximum absolute atomic E-state index is 5.35. The number of likely N-dealkylation sites (N-methyl/N-ethyl adjacent to an activating group) is 1. The molecule has 4 rings (SSSR count). The molecule has 1 fully saturated rings. The third kappa shape index (κ3) is 2.73. The summed E-state index contributed by atoms with van der Waals surface area (Å²) in [6.45, 7) is 2.72. The highest BCUT2D eigenvalue weighted by Gasteiger charge is 2.26. The topological polar surface area (TPSA) is 93.1 Å². The van der Waals surface area contributed by atoms with Gasteiger partial charge in [0.25, 0.3) is 5.89 Å². The van der Waals surface area contributed by atoms with E-state index < -0.39 is 0 Å². The van der Waals surface area contributed by atoms with Crippen LogP contribution in [-0.2, 0) is 0 Å². The molecule has 1 saturated heterocycles. The van der Waals surface area contributed by atoms with Crippen molar-refractivity contribution < 1.29 is 9.05 Å². The first-order valence-corrected chi connectivity index (χ1v) is 7.43. The summed E-state index contributed by atoms with van der Waals surface area (Å²) in [5, 5.41) is 11.4. The van der Waals surface area contributed by atoms with Gasteiger partial charge in [0.05, 0.1) is 6.04 Å². The van der Waals surface area contributed by atoms with Gasteiger partial charge in [-0.15, -0.1) is 0 Å². The largest absolute Gasteiger partial charge is 0.355 e. The monoisotopic (exact) mass is 312 g/mol. The number of piperazine rings is 1. The fourth-order valence-electron chi connectivity index (χ4n) is 2.60. The van der Waals surface area contributed by atoms with E-state index in [-0.39, 0.29) is 6.04 Å². The summed E-state index contributed by atoms with van der Waals surface area (Å²) in [4.78, 5) is 10.7. The zero-order valence-electron chi connectivity index (χ0n) is 12.6. The van der Waals surface area contributed by atoms with Crippen molar-refractivity contribution in [3.63, 3.8) is 0 Å². The quantitative estimate of drug-likeness (QED) is 0.775. The van der Waals surface area contributed by atoms with Crippen LogP contribution in [0.2, 0.25) is 0 Å². The van der Waals surface area contributed by atoms with Crippen LogP contribution in [0, 0.1) is 0 Å². The molecular weight excluding hydrogens is 296 g/mol. The van der Waals surface area contributed by atoms with Crippen molar-refractivity contribution in [2.45, 2.75) is 6.04 Å². The molecule has 1 aliphatic rings. The molecule has 1 aliphatic heterocycles. The molecule has 8 nitrogen and oxygen atoms in total. The highest BCUT2D eigenvalue weighted by molar-refractivity contribution is 5.61. The number of nitrogens with zero attached hydrogens (tertiary/aromatic N) is 5. The van der Waals surface area contributed by atoms with Crippen molar-refractivity contribution in [3.05, 3.63) is 36.4 Å². The summed E-state index contributed by atoms with van der Waals surface area (Å²) in [6, 6.07) is 5.60. The van der Waals surface area contributed by atoms with Crippen LogP contribution in [0.25, 0.3) is 22.9 Å². The molecule has 0 saturated carbocycles. The van der Waals surface area contributed by atoms with Crippen LogP contribution >= 0.6 is 0 Å². The van der Waals surface area contributed by atoms with E-state index in [0.29, 0.717) is 23.2 Å². The van der Waals surface area contributed by atoms with Gasteiger partial charge in [-0.2, -0.15) is 4.98 Å². The standard InChI is InChI=1S/C15H16N6O2/c1-21-7-6-17-9-12(21)14-18-15(23-20-14)11-8-13(22-19-11)10-2-4-16-5-3-10/h2-5,8,12,17H,6-7,9H2,1H3. The van der Waals surface area contributed by atoms with E-state index in [9.17, 15) is 0 Å². The molecule has 0 aromatic carbocycles. The van der Waals surface area contributed by atoms with Gasteiger partial charge >= 0.3 is 0 Å². The van der Waals surface area contributed by atoms with E-state index in [1.807, 2.05) is 12.1 Å². The third-order valence-electron chi connectivity index (χ3n) is 3.94. The summed E-state index contributed by atoms with van der Waals surface area (Å²) in [5.74, 6) is 1.66. The molecule has 1 atom stereocenters. The Morgan fingerprint density at radius 3 is 2.91 bits per heavy atom. The van der Waals surface area contributed by atoms with E-state index in [1.165, 1.54) is 0 Å². The molecule has 3 aromatic heterocycles. The molecule has 1 unspecified atom stereocenters. The molecule has 0 amide bonds. The van der Waals surface area contributed by atoms with E-state index >= 15 is 0 Å². The predicted molar refractivity (Wildman–Crippen MR) is 81.3 cm³/mol. The minimum atomic E-state index is 0.104. The van der Waals surface area contributed by atoms with Crippen LogP contribution in [0.15, 0.2) is 39.6 Å². The van der Waals surface area contributed by atoms with E-state index in [1.54, 1.807) is 18.5 Å². The maximum atomic E-state index is 5.35. The van der Waals surface area contributed by atoms with Gasteiger partial charge in [-0.1, -0.05) is 10.3 Å².